The predicted molar refractivity (Wildman–Crippen MR) is 78.9 cm³/mol. The molecule has 0 aliphatic heterocycles. The molecule has 0 bridgehead atoms. The molecule has 3 nitrogen and oxygen atoms in total. The molecule has 1 aromatic heterocycles. The molecule has 0 aliphatic carbocycles. The van der Waals surface area contributed by atoms with Gasteiger partial charge in [-0.25, -0.2) is 0 Å². The van der Waals surface area contributed by atoms with Crippen molar-refractivity contribution in [3.8, 4) is 0 Å². The first-order valence-electron chi connectivity index (χ1n) is 5.52. The van der Waals surface area contributed by atoms with Crippen LogP contribution in [0.5, 0.6) is 0 Å². The maximum Gasteiger partial charge on any atom is 0.251 e. The van der Waals surface area contributed by atoms with Crippen LogP contribution in [0.25, 0.3) is 0 Å². The summed E-state index contributed by atoms with van der Waals surface area (Å²) in [7, 11) is 0. The van der Waals surface area contributed by atoms with Crippen molar-refractivity contribution in [3.05, 3.63) is 50.6 Å². The molecule has 0 radical (unpaired) electrons. The molecule has 3 N–H and O–H groups in total. The van der Waals surface area contributed by atoms with Crippen molar-refractivity contribution in [1.82, 2.24) is 5.32 Å². The van der Waals surface area contributed by atoms with Gasteiger partial charge in [0.2, 0.25) is 0 Å². The van der Waals surface area contributed by atoms with E-state index in [-0.39, 0.29) is 5.91 Å². The van der Waals surface area contributed by atoms with Crippen LogP contribution in [0.15, 0.2) is 40.2 Å². The number of thiophene rings is 1. The zero-order valence-electron chi connectivity index (χ0n) is 9.65. The van der Waals surface area contributed by atoms with Crippen LogP contribution in [-0.2, 0) is 6.42 Å². The molecule has 0 unspecified atom stereocenters. The summed E-state index contributed by atoms with van der Waals surface area (Å²) >= 11 is 5.09. The Bertz CT molecular complexity index is 536. The van der Waals surface area contributed by atoms with Crippen molar-refractivity contribution in [1.29, 1.82) is 0 Å². The topological polar surface area (TPSA) is 55.1 Å². The quantitative estimate of drug-likeness (QED) is 0.849. The Morgan fingerprint density at radius 1 is 1.33 bits per heavy atom. The van der Waals surface area contributed by atoms with Gasteiger partial charge in [0.15, 0.2) is 0 Å². The van der Waals surface area contributed by atoms with Crippen molar-refractivity contribution in [2.75, 3.05) is 12.3 Å². The Morgan fingerprint density at radius 2 is 2.06 bits per heavy atom. The summed E-state index contributed by atoms with van der Waals surface area (Å²) in [5.74, 6) is -0.0642. The molecule has 0 spiro atoms. The number of anilines is 1. The number of nitrogens with two attached hydrogens (primary N) is 1. The number of carbonyl (C=O) groups is 1. The van der Waals surface area contributed by atoms with Crippen LogP contribution < -0.4 is 11.1 Å². The number of rotatable bonds is 4. The molecule has 0 saturated carbocycles. The average Bonchev–Trinajstić information content (AvgIpc) is 2.76. The second-order valence-corrected chi connectivity index (χ2v) is 5.77. The van der Waals surface area contributed by atoms with E-state index in [4.69, 9.17) is 5.73 Å². The Balaban J connectivity index is 1.83. The number of carbonyl (C=O) groups excluding carboxylic acids is 1. The van der Waals surface area contributed by atoms with Gasteiger partial charge in [0, 0.05) is 32.5 Å². The van der Waals surface area contributed by atoms with Gasteiger partial charge in [0.05, 0.1) is 0 Å². The van der Waals surface area contributed by atoms with Gasteiger partial charge >= 0.3 is 0 Å². The zero-order valence-corrected chi connectivity index (χ0v) is 12.1. The van der Waals surface area contributed by atoms with Crippen molar-refractivity contribution in [3.63, 3.8) is 0 Å². The number of hydrogen-bond acceptors (Lipinski definition) is 3. The van der Waals surface area contributed by atoms with E-state index >= 15 is 0 Å². The highest BCUT2D eigenvalue weighted by Crippen LogP contribution is 2.19. The van der Waals surface area contributed by atoms with Crippen LogP contribution in [0.4, 0.5) is 5.69 Å². The summed E-state index contributed by atoms with van der Waals surface area (Å²) in [5, 5.41) is 4.93. The predicted octanol–water partition coefficient (Wildman–Crippen LogP) is 3.07. The summed E-state index contributed by atoms with van der Waals surface area (Å²) in [5.41, 5.74) is 6.87. The van der Waals surface area contributed by atoms with E-state index in [9.17, 15) is 4.79 Å². The van der Waals surface area contributed by atoms with Crippen LogP contribution in [0, 0.1) is 0 Å². The van der Waals surface area contributed by atoms with Gasteiger partial charge in [-0.05, 0) is 52.7 Å². The molecule has 0 fully saturated rings. The second kappa shape index (κ2) is 6.02. The molecule has 0 saturated heterocycles. The van der Waals surface area contributed by atoms with Gasteiger partial charge in [0.25, 0.3) is 5.91 Å². The Kier molecular flexibility index (Phi) is 4.38. The van der Waals surface area contributed by atoms with Gasteiger partial charge in [-0.1, -0.05) is 0 Å². The lowest BCUT2D eigenvalue weighted by Gasteiger charge is -2.04. The fraction of sp³-hybridized carbons (Fsp3) is 0.154. The molecule has 2 aromatic rings. The fourth-order valence-corrected chi connectivity index (χ4v) is 2.98. The number of nitrogens with one attached hydrogen (secondary N) is 1. The largest absolute Gasteiger partial charge is 0.399 e. The van der Waals surface area contributed by atoms with Crippen LogP contribution in [-0.4, -0.2) is 12.5 Å². The maximum absolute atomic E-state index is 11.8. The normalized spacial score (nSPS) is 10.3. The molecule has 18 heavy (non-hydrogen) atoms. The van der Waals surface area contributed by atoms with Gasteiger partial charge < -0.3 is 11.1 Å². The average molecular weight is 325 g/mol. The Hall–Kier alpha value is -1.33. The van der Waals surface area contributed by atoms with E-state index in [0.717, 1.165) is 10.9 Å². The first kappa shape index (κ1) is 13.1. The summed E-state index contributed by atoms with van der Waals surface area (Å²) < 4.78 is 1.09. The molecule has 94 valence electrons. The smallest absolute Gasteiger partial charge is 0.251 e. The monoisotopic (exact) mass is 324 g/mol. The summed E-state index contributed by atoms with van der Waals surface area (Å²) in [6, 6.07) is 8.98. The number of nitrogen functional groups attached to an aromatic ring is 1. The third-order valence-electron chi connectivity index (χ3n) is 2.45. The van der Waals surface area contributed by atoms with Gasteiger partial charge in [-0.15, -0.1) is 11.3 Å². The fourth-order valence-electron chi connectivity index (χ4n) is 1.52. The molecule has 0 aliphatic rings. The molecule has 2 rings (SSSR count). The number of amides is 1. The lowest BCUT2D eigenvalue weighted by molar-refractivity contribution is 0.0954. The summed E-state index contributed by atoms with van der Waals surface area (Å²) in [6.07, 6.45) is 0.844. The SMILES string of the molecule is Nc1ccc(C(=O)NCCc2cc(Br)cs2)cc1. The van der Waals surface area contributed by atoms with E-state index in [1.165, 1.54) is 4.88 Å². The number of halogens is 1. The van der Waals surface area contributed by atoms with Crippen LogP contribution in [0.2, 0.25) is 0 Å². The van der Waals surface area contributed by atoms with Crippen molar-refractivity contribution < 1.29 is 4.79 Å². The van der Waals surface area contributed by atoms with Gasteiger partial charge in [0.1, 0.15) is 0 Å². The molecular formula is C13H13BrN2OS. The first-order valence-corrected chi connectivity index (χ1v) is 7.19. The van der Waals surface area contributed by atoms with E-state index in [1.54, 1.807) is 35.6 Å². The standard InChI is InChI=1S/C13H13BrN2OS/c14-10-7-12(18-8-10)5-6-16-13(17)9-1-3-11(15)4-2-9/h1-4,7-8H,5-6,15H2,(H,16,17). The molecule has 1 heterocycles. The highest BCUT2D eigenvalue weighted by atomic mass is 79.9. The lowest BCUT2D eigenvalue weighted by Crippen LogP contribution is -2.25. The van der Waals surface area contributed by atoms with Crippen LogP contribution in [0.3, 0.4) is 0 Å². The first-order chi connectivity index (χ1) is 8.65. The summed E-state index contributed by atoms with van der Waals surface area (Å²) in [6.45, 7) is 0.635. The Labute approximate surface area is 118 Å². The molecular weight excluding hydrogens is 312 g/mol. The van der Waals surface area contributed by atoms with E-state index in [2.05, 4.69) is 27.3 Å². The van der Waals surface area contributed by atoms with E-state index in [0.29, 0.717) is 17.8 Å². The van der Waals surface area contributed by atoms with Crippen molar-refractivity contribution in [2.45, 2.75) is 6.42 Å². The minimum Gasteiger partial charge on any atom is -0.399 e. The van der Waals surface area contributed by atoms with Crippen LogP contribution >= 0.6 is 27.3 Å². The van der Waals surface area contributed by atoms with Gasteiger partial charge in [-0.2, -0.15) is 0 Å². The third-order valence-corrected chi connectivity index (χ3v) is 4.21. The third kappa shape index (κ3) is 3.58. The van der Waals surface area contributed by atoms with Crippen molar-refractivity contribution >= 4 is 38.9 Å². The van der Waals surface area contributed by atoms with E-state index in [1.807, 2.05) is 5.38 Å². The molecule has 1 aromatic carbocycles. The highest BCUT2D eigenvalue weighted by Gasteiger charge is 2.04. The molecule has 5 heteroatoms. The molecule has 0 atom stereocenters. The second-order valence-electron chi connectivity index (χ2n) is 3.86. The number of hydrogen-bond donors (Lipinski definition) is 2. The lowest BCUT2D eigenvalue weighted by atomic mass is 10.2. The van der Waals surface area contributed by atoms with E-state index < -0.39 is 0 Å². The molecule has 1 amide bonds. The highest BCUT2D eigenvalue weighted by molar-refractivity contribution is 9.10. The van der Waals surface area contributed by atoms with Crippen molar-refractivity contribution in [2.24, 2.45) is 0 Å². The minimum absolute atomic E-state index is 0.0642. The van der Waals surface area contributed by atoms with Gasteiger partial charge in [-0.3, -0.25) is 4.79 Å². The minimum atomic E-state index is -0.0642. The summed E-state index contributed by atoms with van der Waals surface area (Å²) in [4.78, 5) is 13.0. The van der Waals surface area contributed by atoms with Crippen LogP contribution in [0.1, 0.15) is 15.2 Å². The number of benzene rings is 1. The zero-order chi connectivity index (χ0) is 13.0. The maximum atomic E-state index is 11.8. The Morgan fingerprint density at radius 3 is 2.67 bits per heavy atom.